The number of nitrogens with one attached hydrogen (secondary N) is 1. The lowest BCUT2D eigenvalue weighted by atomic mass is 10.2. The number of thiazole rings is 1. The van der Waals surface area contributed by atoms with Crippen LogP contribution in [-0.4, -0.2) is 43.8 Å². The fourth-order valence-corrected chi connectivity index (χ4v) is 5.74. The molecule has 2 heterocycles. The van der Waals surface area contributed by atoms with E-state index in [1.54, 1.807) is 6.07 Å². The maximum Gasteiger partial charge on any atom is 0.257 e. The number of hydrogen-bond donors (Lipinski definition) is 1. The van der Waals surface area contributed by atoms with E-state index in [2.05, 4.69) is 10.3 Å². The predicted octanol–water partition coefficient (Wildman–Crippen LogP) is 3.86. The van der Waals surface area contributed by atoms with Crippen molar-refractivity contribution in [3.8, 4) is 17.0 Å². The van der Waals surface area contributed by atoms with Crippen LogP contribution in [0.1, 0.15) is 23.2 Å². The van der Waals surface area contributed by atoms with Gasteiger partial charge in [0, 0.05) is 29.6 Å². The van der Waals surface area contributed by atoms with Crippen molar-refractivity contribution in [2.75, 3.05) is 25.5 Å². The Hall–Kier alpha value is -2.75. The molecule has 0 spiro atoms. The highest BCUT2D eigenvalue weighted by atomic mass is 32.2. The fourth-order valence-electron chi connectivity index (χ4n) is 3.33. The van der Waals surface area contributed by atoms with Gasteiger partial charge in [-0.2, -0.15) is 4.31 Å². The quantitative estimate of drug-likeness (QED) is 0.625. The third kappa shape index (κ3) is 4.09. The van der Waals surface area contributed by atoms with Crippen LogP contribution in [0.4, 0.5) is 5.13 Å². The highest BCUT2D eigenvalue weighted by Gasteiger charge is 2.30. The Morgan fingerprint density at radius 3 is 2.57 bits per heavy atom. The molecule has 0 saturated carbocycles. The number of nitrogens with zero attached hydrogens (tertiary/aromatic N) is 2. The number of carbonyl (C=O) groups is 1. The molecule has 1 aliphatic heterocycles. The van der Waals surface area contributed by atoms with Crippen LogP contribution in [0.25, 0.3) is 11.3 Å². The highest BCUT2D eigenvalue weighted by molar-refractivity contribution is 7.89. The number of aromatic nitrogens is 1. The molecule has 0 bridgehead atoms. The molecule has 0 radical (unpaired) electrons. The molecule has 30 heavy (non-hydrogen) atoms. The van der Waals surface area contributed by atoms with Crippen LogP contribution in [0, 0.1) is 0 Å². The molecule has 1 N–H and O–H groups in total. The van der Waals surface area contributed by atoms with Crippen LogP contribution in [-0.2, 0) is 10.0 Å². The highest BCUT2D eigenvalue weighted by Crippen LogP contribution is 2.30. The Morgan fingerprint density at radius 1 is 1.13 bits per heavy atom. The van der Waals surface area contributed by atoms with Crippen molar-refractivity contribution >= 4 is 32.4 Å². The summed E-state index contributed by atoms with van der Waals surface area (Å²) >= 11 is 1.31. The first kappa shape index (κ1) is 20.5. The molecule has 1 aromatic heterocycles. The zero-order chi connectivity index (χ0) is 21.1. The van der Waals surface area contributed by atoms with E-state index in [0.717, 1.165) is 24.1 Å². The molecular formula is C21H21N3O4S2. The standard InChI is InChI=1S/C21H21N3O4S2/c1-28-18-10-9-16(13-19(18)30(26,27)24-11-5-6-12-24)20(25)23-21-22-17(14-29-21)15-7-3-2-4-8-15/h2-4,7-10,13-14H,5-6,11-12H2,1H3,(H,22,23,25). The van der Waals surface area contributed by atoms with Gasteiger partial charge >= 0.3 is 0 Å². The van der Waals surface area contributed by atoms with Crippen LogP contribution >= 0.6 is 11.3 Å². The molecule has 0 unspecified atom stereocenters. The van der Waals surface area contributed by atoms with Gasteiger partial charge < -0.3 is 4.74 Å². The lowest BCUT2D eigenvalue weighted by molar-refractivity contribution is 0.102. The van der Waals surface area contributed by atoms with E-state index in [1.807, 2.05) is 35.7 Å². The van der Waals surface area contributed by atoms with E-state index >= 15 is 0 Å². The van der Waals surface area contributed by atoms with E-state index in [0.29, 0.717) is 18.2 Å². The topological polar surface area (TPSA) is 88.6 Å². The van der Waals surface area contributed by atoms with Crippen LogP contribution < -0.4 is 10.1 Å². The van der Waals surface area contributed by atoms with Crippen molar-refractivity contribution in [2.24, 2.45) is 0 Å². The number of ether oxygens (including phenoxy) is 1. The summed E-state index contributed by atoms with van der Waals surface area (Å²) in [5.74, 6) is -0.205. The normalized spacial score (nSPS) is 14.6. The van der Waals surface area contributed by atoms with Crippen LogP contribution in [0.3, 0.4) is 0 Å². The number of carbonyl (C=O) groups excluding carboxylic acids is 1. The second-order valence-electron chi connectivity index (χ2n) is 6.83. The molecule has 3 aromatic rings. The van der Waals surface area contributed by atoms with Gasteiger partial charge in [-0.3, -0.25) is 10.1 Å². The first-order chi connectivity index (χ1) is 14.5. The summed E-state index contributed by atoms with van der Waals surface area (Å²) in [5, 5.41) is 5.06. The minimum absolute atomic E-state index is 0.00339. The summed E-state index contributed by atoms with van der Waals surface area (Å²) in [6.07, 6.45) is 1.66. The van der Waals surface area contributed by atoms with Gasteiger partial charge in [-0.1, -0.05) is 30.3 Å². The molecule has 7 nitrogen and oxygen atoms in total. The van der Waals surface area contributed by atoms with Gasteiger partial charge in [0.15, 0.2) is 5.13 Å². The van der Waals surface area contributed by atoms with E-state index in [-0.39, 0.29) is 16.2 Å². The largest absolute Gasteiger partial charge is 0.495 e. The molecule has 1 saturated heterocycles. The Labute approximate surface area is 179 Å². The number of sulfonamides is 1. The van der Waals surface area contributed by atoms with E-state index in [9.17, 15) is 13.2 Å². The van der Waals surface area contributed by atoms with Gasteiger partial charge in [-0.05, 0) is 31.0 Å². The number of rotatable bonds is 6. The summed E-state index contributed by atoms with van der Waals surface area (Å²) in [4.78, 5) is 17.2. The maximum absolute atomic E-state index is 13.0. The second-order valence-corrected chi connectivity index (χ2v) is 9.60. The molecule has 1 fully saturated rings. The zero-order valence-electron chi connectivity index (χ0n) is 16.4. The van der Waals surface area contributed by atoms with E-state index in [1.165, 1.54) is 34.9 Å². The number of hydrogen-bond acceptors (Lipinski definition) is 6. The van der Waals surface area contributed by atoms with E-state index in [4.69, 9.17) is 4.74 Å². The zero-order valence-corrected chi connectivity index (χ0v) is 18.0. The Morgan fingerprint density at radius 2 is 1.87 bits per heavy atom. The molecule has 1 amide bonds. The number of benzene rings is 2. The monoisotopic (exact) mass is 443 g/mol. The van der Waals surface area contributed by atoms with Crippen molar-refractivity contribution in [3.05, 3.63) is 59.5 Å². The van der Waals surface area contributed by atoms with Gasteiger partial charge in [0.2, 0.25) is 10.0 Å². The minimum atomic E-state index is -3.73. The third-order valence-corrected chi connectivity index (χ3v) is 7.58. The summed E-state index contributed by atoms with van der Waals surface area (Å²) in [5.41, 5.74) is 1.95. The molecular weight excluding hydrogens is 422 g/mol. The van der Waals surface area contributed by atoms with Crippen LogP contribution in [0.5, 0.6) is 5.75 Å². The van der Waals surface area contributed by atoms with Gasteiger partial charge in [0.05, 0.1) is 12.8 Å². The molecule has 1 aliphatic rings. The predicted molar refractivity (Wildman–Crippen MR) is 116 cm³/mol. The van der Waals surface area contributed by atoms with Gasteiger partial charge in [-0.25, -0.2) is 13.4 Å². The fraction of sp³-hybridized carbons (Fsp3) is 0.238. The van der Waals surface area contributed by atoms with Crippen molar-refractivity contribution in [3.63, 3.8) is 0 Å². The average Bonchev–Trinajstić information content (AvgIpc) is 3.46. The Kier molecular flexibility index (Phi) is 5.85. The Bertz CT molecular complexity index is 1150. The lowest BCUT2D eigenvalue weighted by Gasteiger charge is -2.18. The number of methoxy groups -OCH3 is 1. The molecule has 4 rings (SSSR count). The maximum atomic E-state index is 13.0. The van der Waals surface area contributed by atoms with Gasteiger partial charge in [-0.15, -0.1) is 11.3 Å². The molecule has 9 heteroatoms. The smallest absolute Gasteiger partial charge is 0.257 e. The molecule has 0 aliphatic carbocycles. The van der Waals surface area contributed by atoms with Gasteiger partial charge in [0.1, 0.15) is 10.6 Å². The minimum Gasteiger partial charge on any atom is -0.495 e. The number of amides is 1. The third-order valence-electron chi connectivity index (χ3n) is 4.90. The van der Waals surface area contributed by atoms with Crippen molar-refractivity contribution in [1.82, 2.24) is 9.29 Å². The van der Waals surface area contributed by atoms with Crippen molar-refractivity contribution in [2.45, 2.75) is 17.7 Å². The molecule has 156 valence electrons. The summed E-state index contributed by atoms with van der Waals surface area (Å²) in [6.45, 7) is 0.951. The first-order valence-corrected chi connectivity index (χ1v) is 11.8. The first-order valence-electron chi connectivity index (χ1n) is 9.49. The van der Waals surface area contributed by atoms with Gasteiger partial charge in [0.25, 0.3) is 5.91 Å². The van der Waals surface area contributed by atoms with E-state index < -0.39 is 15.9 Å². The number of anilines is 1. The van der Waals surface area contributed by atoms with Crippen LogP contribution in [0.15, 0.2) is 58.8 Å². The lowest BCUT2D eigenvalue weighted by Crippen LogP contribution is -2.28. The molecule has 2 aromatic carbocycles. The summed E-state index contributed by atoms with van der Waals surface area (Å²) < 4.78 is 32.7. The summed E-state index contributed by atoms with van der Waals surface area (Å²) in [6, 6.07) is 14.1. The molecule has 0 atom stereocenters. The van der Waals surface area contributed by atoms with Crippen LogP contribution in [0.2, 0.25) is 0 Å². The average molecular weight is 444 g/mol. The second kappa shape index (κ2) is 8.55. The SMILES string of the molecule is COc1ccc(C(=O)Nc2nc(-c3ccccc3)cs2)cc1S(=O)(=O)N1CCCC1. The van der Waals surface area contributed by atoms with Crippen molar-refractivity contribution < 1.29 is 17.9 Å². The summed E-state index contributed by atoms with van der Waals surface area (Å²) in [7, 11) is -2.31. The van der Waals surface area contributed by atoms with Crippen molar-refractivity contribution in [1.29, 1.82) is 0 Å². The Balaban J connectivity index is 1.58.